The number of benzene rings is 1. The van der Waals surface area contributed by atoms with Crippen molar-refractivity contribution in [2.75, 3.05) is 29.5 Å². The lowest BCUT2D eigenvalue weighted by molar-refractivity contribution is -0.127. The first-order chi connectivity index (χ1) is 17.7. The summed E-state index contributed by atoms with van der Waals surface area (Å²) in [4.78, 5) is 80.4. The molecule has 13 nitrogen and oxygen atoms in total. The molecule has 0 spiro atoms. The van der Waals surface area contributed by atoms with Gasteiger partial charge >= 0.3 is 0 Å². The number of anilines is 2. The zero-order chi connectivity index (χ0) is 27.1. The SMILES string of the molecule is CC(=O)C[C@@H](C=O)NC(=O)CN1C(=O)[C@@H](NC(=O)c2ncccc2O)CN(C(=O)CO)c2ccccc21. The highest BCUT2D eigenvalue weighted by molar-refractivity contribution is 6.11. The Labute approximate surface area is 211 Å². The zero-order valence-corrected chi connectivity index (χ0v) is 19.8. The predicted octanol–water partition coefficient (Wildman–Crippen LogP) is -1.08. The molecule has 0 fully saturated rings. The predicted molar refractivity (Wildman–Crippen MR) is 129 cm³/mol. The van der Waals surface area contributed by atoms with Gasteiger partial charge in [0.2, 0.25) is 5.91 Å². The molecule has 4 amide bonds. The molecule has 1 aliphatic heterocycles. The first-order valence-electron chi connectivity index (χ1n) is 11.2. The molecule has 0 bridgehead atoms. The summed E-state index contributed by atoms with van der Waals surface area (Å²) in [7, 11) is 0. The van der Waals surface area contributed by atoms with E-state index in [0.29, 0.717) is 6.29 Å². The Morgan fingerprint density at radius 1 is 1.16 bits per heavy atom. The van der Waals surface area contributed by atoms with Crippen molar-refractivity contribution in [1.82, 2.24) is 15.6 Å². The molecule has 0 radical (unpaired) electrons. The number of amides is 4. The summed E-state index contributed by atoms with van der Waals surface area (Å²) >= 11 is 0. The van der Waals surface area contributed by atoms with Crippen molar-refractivity contribution in [3.63, 3.8) is 0 Å². The van der Waals surface area contributed by atoms with Crippen LogP contribution in [0.3, 0.4) is 0 Å². The highest BCUT2D eigenvalue weighted by Gasteiger charge is 2.38. The average Bonchev–Trinajstić information content (AvgIpc) is 2.98. The van der Waals surface area contributed by atoms with Crippen LogP contribution in [0.5, 0.6) is 5.75 Å². The van der Waals surface area contributed by atoms with Crippen LogP contribution < -0.4 is 20.4 Å². The molecular weight excluding hydrogens is 486 g/mol. The molecule has 1 aliphatic rings. The molecule has 0 unspecified atom stereocenters. The van der Waals surface area contributed by atoms with E-state index in [0.717, 1.165) is 9.80 Å². The van der Waals surface area contributed by atoms with Crippen molar-refractivity contribution < 1.29 is 39.0 Å². The van der Waals surface area contributed by atoms with Crippen molar-refractivity contribution in [3.8, 4) is 5.75 Å². The van der Waals surface area contributed by atoms with Crippen LogP contribution >= 0.6 is 0 Å². The van der Waals surface area contributed by atoms with Gasteiger partial charge in [-0.2, -0.15) is 0 Å². The second-order valence-electron chi connectivity index (χ2n) is 8.19. The highest BCUT2D eigenvalue weighted by atomic mass is 16.3. The van der Waals surface area contributed by atoms with Crippen LogP contribution in [0.4, 0.5) is 11.4 Å². The second-order valence-corrected chi connectivity index (χ2v) is 8.19. The number of carbonyl (C=O) groups excluding carboxylic acids is 6. The number of aliphatic hydroxyl groups excluding tert-OH is 1. The minimum atomic E-state index is -1.41. The van der Waals surface area contributed by atoms with Crippen molar-refractivity contribution in [2.24, 2.45) is 0 Å². The Morgan fingerprint density at radius 3 is 2.49 bits per heavy atom. The van der Waals surface area contributed by atoms with Gasteiger partial charge in [-0.3, -0.25) is 28.9 Å². The Balaban J connectivity index is 1.97. The van der Waals surface area contributed by atoms with E-state index in [-0.39, 0.29) is 29.3 Å². The van der Waals surface area contributed by atoms with E-state index in [2.05, 4.69) is 15.6 Å². The standard InChI is InChI=1S/C24H25N5O8/c1-14(32)9-15(12-30)26-20(34)11-29-18-6-3-2-5-17(18)28(21(35)13-31)10-16(24(29)37)27-23(36)22-19(33)7-4-8-25-22/h2-8,12,15-16,31,33H,9-11,13H2,1H3,(H,26,34)(H,27,36)/t15-,16-/m0/s1. The summed E-state index contributed by atoms with van der Waals surface area (Å²) in [5.41, 5.74) is -0.0358. The minimum absolute atomic E-state index is 0.135. The maximum absolute atomic E-state index is 13.6. The molecule has 2 atom stereocenters. The highest BCUT2D eigenvalue weighted by Crippen LogP contribution is 2.33. The summed E-state index contributed by atoms with van der Waals surface area (Å²) in [6.45, 7) is -0.637. The number of para-hydroxylation sites is 2. The van der Waals surface area contributed by atoms with Crippen LogP contribution in [0.1, 0.15) is 23.8 Å². The molecule has 13 heteroatoms. The molecule has 1 aromatic carbocycles. The van der Waals surface area contributed by atoms with Crippen LogP contribution in [0, 0.1) is 0 Å². The Kier molecular flexibility index (Phi) is 8.64. The second kappa shape index (κ2) is 11.9. The lowest BCUT2D eigenvalue weighted by atomic mass is 10.1. The summed E-state index contributed by atoms with van der Waals surface area (Å²) in [6.07, 6.45) is 1.44. The molecule has 2 heterocycles. The molecular formula is C24H25N5O8. The maximum Gasteiger partial charge on any atom is 0.274 e. The number of rotatable bonds is 9. The Bertz CT molecular complexity index is 1230. The van der Waals surface area contributed by atoms with Crippen LogP contribution in [-0.4, -0.2) is 82.7 Å². The van der Waals surface area contributed by atoms with Gasteiger partial charge in [-0.25, -0.2) is 4.98 Å². The Hall–Kier alpha value is -4.65. The molecule has 194 valence electrons. The van der Waals surface area contributed by atoms with Crippen molar-refractivity contribution in [3.05, 3.63) is 48.3 Å². The fourth-order valence-electron chi connectivity index (χ4n) is 3.82. The van der Waals surface area contributed by atoms with Gasteiger partial charge in [-0.05, 0) is 31.2 Å². The largest absolute Gasteiger partial charge is 0.505 e. The lowest BCUT2D eigenvalue weighted by Crippen LogP contribution is -2.55. The van der Waals surface area contributed by atoms with Gasteiger partial charge in [0, 0.05) is 12.6 Å². The number of hydrogen-bond donors (Lipinski definition) is 4. The molecule has 0 saturated heterocycles. The van der Waals surface area contributed by atoms with Crippen LogP contribution in [-0.2, 0) is 24.0 Å². The van der Waals surface area contributed by atoms with Gasteiger partial charge in [0.15, 0.2) is 5.69 Å². The van der Waals surface area contributed by atoms with Gasteiger partial charge in [0.1, 0.15) is 37.0 Å². The lowest BCUT2D eigenvalue weighted by Gasteiger charge is -2.25. The van der Waals surface area contributed by atoms with Gasteiger partial charge in [0.25, 0.3) is 17.7 Å². The van der Waals surface area contributed by atoms with Gasteiger partial charge < -0.3 is 30.5 Å². The maximum atomic E-state index is 13.6. The molecule has 37 heavy (non-hydrogen) atoms. The molecule has 0 saturated carbocycles. The Morgan fingerprint density at radius 2 is 1.86 bits per heavy atom. The smallest absolute Gasteiger partial charge is 0.274 e. The third-order valence-corrected chi connectivity index (χ3v) is 5.46. The number of carbonyl (C=O) groups is 6. The van der Waals surface area contributed by atoms with Crippen LogP contribution in [0.15, 0.2) is 42.6 Å². The van der Waals surface area contributed by atoms with Crippen molar-refractivity contribution >= 4 is 47.1 Å². The number of nitrogens with one attached hydrogen (secondary N) is 2. The van der Waals surface area contributed by atoms with Crippen molar-refractivity contribution in [1.29, 1.82) is 0 Å². The van der Waals surface area contributed by atoms with Gasteiger partial charge in [0.05, 0.1) is 24.0 Å². The average molecular weight is 511 g/mol. The number of nitrogens with zero attached hydrogens (tertiary/aromatic N) is 3. The van der Waals surface area contributed by atoms with E-state index in [1.807, 2.05) is 0 Å². The van der Waals surface area contributed by atoms with Crippen LogP contribution in [0.25, 0.3) is 0 Å². The zero-order valence-electron chi connectivity index (χ0n) is 19.8. The summed E-state index contributed by atoms with van der Waals surface area (Å²) < 4.78 is 0. The van der Waals surface area contributed by atoms with E-state index in [1.165, 1.54) is 37.4 Å². The quantitative estimate of drug-likeness (QED) is 0.304. The number of fused-ring (bicyclic) bond motifs is 1. The number of aromatic hydroxyl groups is 1. The minimum Gasteiger partial charge on any atom is -0.505 e. The van der Waals surface area contributed by atoms with E-state index < -0.39 is 61.2 Å². The van der Waals surface area contributed by atoms with Gasteiger partial charge in [-0.1, -0.05) is 12.1 Å². The third-order valence-electron chi connectivity index (χ3n) is 5.46. The molecule has 3 rings (SSSR count). The fraction of sp³-hybridized carbons (Fsp3) is 0.292. The van der Waals surface area contributed by atoms with Crippen molar-refractivity contribution in [2.45, 2.75) is 25.4 Å². The summed E-state index contributed by atoms with van der Waals surface area (Å²) in [5, 5.41) is 24.3. The number of Topliss-reactive ketones (excluding diaryl/α,β-unsaturated/α-hetero) is 1. The molecule has 0 aliphatic carbocycles. The van der Waals surface area contributed by atoms with Crippen LogP contribution in [0.2, 0.25) is 0 Å². The van der Waals surface area contributed by atoms with E-state index in [4.69, 9.17) is 0 Å². The first kappa shape index (κ1) is 26.9. The normalized spacial score (nSPS) is 15.7. The number of ketones is 1. The number of aldehydes is 1. The fourth-order valence-corrected chi connectivity index (χ4v) is 3.82. The molecule has 4 N–H and O–H groups in total. The first-order valence-corrected chi connectivity index (χ1v) is 11.2. The summed E-state index contributed by atoms with van der Waals surface area (Å²) in [6, 6.07) is 6.24. The molecule has 2 aromatic rings. The van der Waals surface area contributed by atoms with Gasteiger partial charge in [-0.15, -0.1) is 0 Å². The topological polar surface area (TPSA) is 186 Å². The molecule has 1 aromatic heterocycles. The number of aromatic nitrogens is 1. The number of hydrogen-bond acceptors (Lipinski definition) is 9. The summed E-state index contributed by atoms with van der Waals surface area (Å²) in [5.74, 6) is -3.99. The van der Waals surface area contributed by atoms with E-state index in [9.17, 15) is 39.0 Å². The third kappa shape index (κ3) is 6.32. The van der Waals surface area contributed by atoms with E-state index in [1.54, 1.807) is 12.1 Å². The number of aliphatic hydroxyl groups is 1. The monoisotopic (exact) mass is 511 g/mol. The van der Waals surface area contributed by atoms with E-state index >= 15 is 0 Å². The number of pyridine rings is 1.